The largest absolute Gasteiger partial charge is 0.507 e. The number of methoxy groups -OCH3 is 1. The summed E-state index contributed by atoms with van der Waals surface area (Å²) in [6.07, 6.45) is 1.21. The first-order chi connectivity index (χ1) is 14.2. The minimum atomic E-state index is -0.994. The quantitative estimate of drug-likeness (QED) is 0.634. The fourth-order valence-corrected chi connectivity index (χ4v) is 4.96. The summed E-state index contributed by atoms with van der Waals surface area (Å²) in [5.41, 5.74) is 1.11. The second-order valence-electron chi connectivity index (χ2n) is 8.91. The van der Waals surface area contributed by atoms with Crippen molar-refractivity contribution in [3.63, 3.8) is 0 Å². The number of nitrogens with zero attached hydrogens (tertiary/aromatic N) is 1. The highest BCUT2D eigenvalue weighted by Gasteiger charge is 2.55. The molecule has 5 rings (SSSR count). The summed E-state index contributed by atoms with van der Waals surface area (Å²) in [6.45, 7) is 4.35. The van der Waals surface area contributed by atoms with Crippen LogP contribution in [0.5, 0.6) is 5.75 Å². The number of rotatable bonds is 2. The number of hydrogen-bond acceptors (Lipinski definition) is 3. The fourth-order valence-electron chi connectivity index (χ4n) is 4.96. The van der Waals surface area contributed by atoms with E-state index in [4.69, 9.17) is 9.47 Å². The van der Waals surface area contributed by atoms with Crippen molar-refractivity contribution in [1.29, 1.82) is 0 Å². The number of fused-ring (bicyclic) bond motifs is 4. The lowest BCUT2D eigenvalue weighted by molar-refractivity contribution is -0.187. The van der Waals surface area contributed by atoms with Crippen LogP contribution in [0.4, 0.5) is 13.2 Å². The lowest BCUT2D eigenvalue weighted by Gasteiger charge is -2.52. The van der Waals surface area contributed by atoms with Gasteiger partial charge in [0.1, 0.15) is 17.2 Å². The summed E-state index contributed by atoms with van der Waals surface area (Å²) in [5.74, 6) is -2.77. The van der Waals surface area contributed by atoms with Crippen LogP contribution in [0.25, 0.3) is 16.6 Å². The SMILES string of the molecule is CO[C@H]1C[C@@]2(C1)OCC(C)(C)c1c2c2c(O)cc(F)cc2n1-c1ccc(F)c(F)c1. The molecule has 158 valence electrons. The van der Waals surface area contributed by atoms with Gasteiger partial charge in [-0.2, -0.15) is 0 Å². The number of phenolic OH excluding ortho intramolecular Hbond substituents is 1. The molecule has 7 heteroatoms. The summed E-state index contributed by atoms with van der Waals surface area (Å²) in [7, 11) is 1.64. The zero-order chi connectivity index (χ0) is 21.4. The Morgan fingerprint density at radius 1 is 1.10 bits per heavy atom. The summed E-state index contributed by atoms with van der Waals surface area (Å²) < 4.78 is 55.6. The van der Waals surface area contributed by atoms with Crippen LogP contribution in [-0.2, 0) is 20.5 Å². The molecule has 0 saturated heterocycles. The third kappa shape index (κ3) is 2.55. The monoisotopic (exact) mass is 417 g/mol. The van der Waals surface area contributed by atoms with Crippen molar-refractivity contribution in [2.75, 3.05) is 13.7 Å². The summed E-state index contributed by atoms with van der Waals surface area (Å²) in [4.78, 5) is 0. The highest BCUT2D eigenvalue weighted by Crippen LogP contribution is 2.57. The number of hydrogen-bond donors (Lipinski definition) is 1. The molecular formula is C23H22F3NO3. The van der Waals surface area contributed by atoms with E-state index in [1.807, 2.05) is 13.8 Å². The van der Waals surface area contributed by atoms with Gasteiger partial charge in [0.15, 0.2) is 11.6 Å². The molecule has 1 spiro atoms. The molecular weight excluding hydrogens is 395 g/mol. The van der Waals surface area contributed by atoms with Crippen molar-refractivity contribution < 1.29 is 27.8 Å². The molecule has 0 atom stereocenters. The van der Waals surface area contributed by atoms with Gasteiger partial charge in [0, 0.05) is 59.8 Å². The van der Waals surface area contributed by atoms with Crippen molar-refractivity contribution in [1.82, 2.24) is 4.57 Å². The van der Waals surface area contributed by atoms with E-state index in [0.29, 0.717) is 36.0 Å². The lowest BCUT2D eigenvalue weighted by atomic mass is 9.67. The first-order valence-electron chi connectivity index (χ1n) is 9.87. The van der Waals surface area contributed by atoms with Gasteiger partial charge in [-0.05, 0) is 18.2 Å². The molecule has 1 N–H and O–H groups in total. The molecule has 1 saturated carbocycles. The maximum absolute atomic E-state index is 14.3. The molecule has 1 fully saturated rings. The third-order valence-corrected chi connectivity index (χ3v) is 6.43. The maximum atomic E-state index is 14.3. The summed E-state index contributed by atoms with van der Waals surface area (Å²) in [6, 6.07) is 5.98. The van der Waals surface area contributed by atoms with Crippen LogP contribution in [-0.4, -0.2) is 29.5 Å². The van der Waals surface area contributed by atoms with Gasteiger partial charge in [0.05, 0.1) is 18.2 Å². The van der Waals surface area contributed by atoms with Gasteiger partial charge in [-0.25, -0.2) is 13.2 Å². The Bertz CT molecular complexity index is 1180. The summed E-state index contributed by atoms with van der Waals surface area (Å²) >= 11 is 0. The normalized spacial score (nSPS) is 24.8. The minimum absolute atomic E-state index is 0.0170. The zero-order valence-corrected chi connectivity index (χ0v) is 16.9. The molecule has 3 aromatic rings. The minimum Gasteiger partial charge on any atom is -0.507 e. The average Bonchev–Trinajstić information content (AvgIpc) is 3.00. The van der Waals surface area contributed by atoms with E-state index in [1.54, 1.807) is 11.7 Å². The third-order valence-electron chi connectivity index (χ3n) is 6.43. The zero-order valence-electron chi connectivity index (χ0n) is 16.9. The number of phenols is 1. The molecule has 1 aliphatic heterocycles. The van der Waals surface area contributed by atoms with E-state index in [0.717, 1.165) is 29.5 Å². The number of halogens is 3. The van der Waals surface area contributed by atoms with E-state index >= 15 is 0 Å². The van der Waals surface area contributed by atoms with E-state index < -0.39 is 28.5 Å². The van der Waals surface area contributed by atoms with Gasteiger partial charge >= 0.3 is 0 Å². The summed E-state index contributed by atoms with van der Waals surface area (Å²) in [5, 5.41) is 11.2. The van der Waals surface area contributed by atoms with Crippen molar-refractivity contribution in [2.24, 2.45) is 0 Å². The molecule has 2 aliphatic rings. The number of ether oxygens (including phenoxy) is 2. The molecule has 0 radical (unpaired) electrons. The lowest BCUT2D eigenvalue weighted by Crippen LogP contribution is -2.53. The maximum Gasteiger partial charge on any atom is 0.160 e. The van der Waals surface area contributed by atoms with Crippen LogP contribution in [0, 0.1) is 17.5 Å². The van der Waals surface area contributed by atoms with Crippen molar-refractivity contribution in [3.8, 4) is 11.4 Å². The van der Waals surface area contributed by atoms with Crippen LogP contribution in [0.15, 0.2) is 30.3 Å². The second kappa shape index (κ2) is 6.25. The molecule has 2 aromatic carbocycles. The standard InChI is InChI=1S/C23H22F3NO3/c1-22(2)11-30-23(9-14(10-23)29-3)20-19-17(6-12(24)7-18(19)28)27(21(20)22)13-4-5-15(25)16(26)8-13/h4-8,14,28H,9-11H2,1-3H3/t14-,23-. The number of aromatic hydroxyl groups is 1. The molecule has 0 unspecified atom stereocenters. The Hall–Kier alpha value is -2.51. The fraction of sp³-hybridized carbons (Fsp3) is 0.391. The van der Waals surface area contributed by atoms with Gasteiger partial charge in [0.2, 0.25) is 0 Å². The predicted octanol–water partition coefficient (Wildman–Crippen LogP) is 5.07. The van der Waals surface area contributed by atoms with Gasteiger partial charge in [0.25, 0.3) is 0 Å². The number of benzene rings is 2. The average molecular weight is 417 g/mol. The van der Waals surface area contributed by atoms with Crippen LogP contribution >= 0.6 is 0 Å². The first-order valence-corrected chi connectivity index (χ1v) is 9.87. The Kier molecular flexibility index (Phi) is 4.05. The Morgan fingerprint density at radius 3 is 2.50 bits per heavy atom. The highest BCUT2D eigenvalue weighted by atomic mass is 19.2. The van der Waals surface area contributed by atoms with Gasteiger partial charge in [-0.1, -0.05) is 13.8 Å². The van der Waals surface area contributed by atoms with Gasteiger partial charge < -0.3 is 19.1 Å². The predicted molar refractivity (Wildman–Crippen MR) is 106 cm³/mol. The van der Waals surface area contributed by atoms with Crippen LogP contribution in [0.2, 0.25) is 0 Å². The van der Waals surface area contributed by atoms with Gasteiger partial charge in [-0.15, -0.1) is 0 Å². The highest BCUT2D eigenvalue weighted by molar-refractivity contribution is 5.94. The molecule has 2 heterocycles. The number of aromatic nitrogens is 1. The molecule has 0 bridgehead atoms. The Morgan fingerprint density at radius 2 is 1.83 bits per heavy atom. The van der Waals surface area contributed by atoms with E-state index in [1.165, 1.54) is 12.1 Å². The van der Waals surface area contributed by atoms with Crippen LogP contribution in [0.1, 0.15) is 37.9 Å². The van der Waals surface area contributed by atoms with Crippen molar-refractivity contribution in [3.05, 3.63) is 59.0 Å². The Balaban J connectivity index is 1.90. The van der Waals surface area contributed by atoms with E-state index in [9.17, 15) is 18.3 Å². The molecule has 4 nitrogen and oxygen atoms in total. The van der Waals surface area contributed by atoms with Gasteiger partial charge in [-0.3, -0.25) is 0 Å². The van der Waals surface area contributed by atoms with Crippen molar-refractivity contribution in [2.45, 2.75) is 43.8 Å². The van der Waals surface area contributed by atoms with E-state index in [2.05, 4.69) is 0 Å². The van der Waals surface area contributed by atoms with Crippen LogP contribution in [0.3, 0.4) is 0 Å². The van der Waals surface area contributed by atoms with Crippen LogP contribution < -0.4 is 0 Å². The first kappa shape index (κ1) is 19.5. The molecule has 0 amide bonds. The van der Waals surface area contributed by atoms with E-state index in [-0.39, 0.29) is 11.9 Å². The molecule has 1 aromatic heterocycles. The van der Waals surface area contributed by atoms with Crippen molar-refractivity contribution >= 4 is 10.9 Å². The Labute approximate surface area is 171 Å². The smallest absolute Gasteiger partial charge is 0.160 e. The topological polar surface area (TPSA) is 43.6 Å². The molecule has 30 heavy (non-hydrogen) atoms. The molecule has 1 aliphatic carbocycles. The second-order valence-corrected chi connectivity index (χ2v) is 8.91.